The predicted molar refractivity (Wildman–Crippen MR) is 97.5 cm³/mol. The van der Waals surface area contributed by atoms with Gasteiger partial charge in [0.25, 0.3) is 0 Å². The van der Waals surface area contributed by atoms with Gasteiger partial charge in [0, 0.05) is 20.8 Å². The van der Waals surface area contributed by atoms with E-state index in [-0.39, 0.29) is 5.56 Å². The maximum atomic E-state index is 12.3. The zero-order valence-electron chi connectivity index (χ0n) is 16.2. The van der Waals surface area contributed by atoms with E-state index in [1.54, 1.807) is 18.2 Å². The highest BCUT2D eigenvalue weighted by atomic mass is 16.6. The number of hydrogen-bond acceptors (Lipinski definition) is 9. The Balaban J connectivity index is 2.35. The fraction of sp³-hybridized carbons (Fsp3) is 0.400. The van der Waals surface area contributed by atoms with Crippen molar-refractivity contribution < 1.29 is 43.2 Å². The molecule has 9 heteroatoms. The molecule has 0 spiro atoms. The average molecular weight is 406 g/mol. The maximum absolute atomic E-state index is 12.3. The van der Waals surface area contributed by atoms with Crippen LogP contribution in [0.2, 0.25) is 0 Å². The van der Waals surface area contributed by atoms with Crippen LogP contribution < -0.4 is 0 Å². The molecule has 0 bridgehead atoms. The van der Waals surface area contributed by atoms with Crippen molar-refractivity contribution in [3.05, 3.63) is 48.0 Å². The lowest BCUT2D eigenvalue weighted by Gasteiger charge is -2.43. The summed E-state index contributed by atoms with van der Waals surface area (Å²) in [5.74, 6) is -2.94. The van der Waals surface area contributed by atoms with Crippen LogP contribution in [-0.4, -0.2) is 59.5 Å². The monoisotopic (exact) mass is 406 g/mol. The Labute approximate surface area is 167 Å². The fourth-order valence-corrected chi connectivity index (χ4v) is 2.89. The largest absolute Gasteiger partial charge is 0.459 e. The third-order valence-corrected chi connectivity index (χ3v) is 4.09. The molecule has 0 aromatic heterocycles. The van der Waals surface area contributed by atoms with Crippen molar-refractivity contribution in [2.75, 3.05) is 6.61 Å². The van der Waals surface area contributed by atoms with E-state index in [0.29, 0.717) is 0 Å². The van der Waals surface area contributed by atoms with Crippen LogP contribution in [0.4, 0.5) is 0 Å². The number of carbonyl (C=O) groups is 4. The Kier molecular flexibility index (Phi) is 7.11. The van der Waals surface area contributed by atoms with Crippen LogP contribution in [0.5, 0.6) is 0 Å². The Hall–Kier alpha value is -3.20. The molecule has 0 radical (unpaired) electrons. The zero-order valence-corrected chi connectivity index (χ0v) is 16.2. The molecule has 4 atom stereocenters. The van der Waals surface area contributed by atoms with Crippen LogP contribution in [0.25, 0.3) is 0 Å². The van der Waals surface area contributed by atoms with Gasteiger partial charge in [-0.25, -0.2) is 4.79 Å². The predicted octanol–water partition coefficient (Wildman–Crippen LogP) is 0.939. The quantitative estimate of drug-likeness (QED) is 0.417. The van der Waals surface area contributed by atoms with Gasteiger partial charge >= 0.3 is 23.9 Å². The standard InChI is InChI=1S/C20H22O9/c1-12(21)27-16-9-10-17(28-13(2)22)20(25,18(16)29-14(3)23)11-26-19(24)15-7-5-4-6-8-15/h4-10,16-18,25H,11H2,1-3H3/t16-,17+,18+,20-/m0/s1. The van der Waals surface area contributed by atoms with E-state index in [2.05, 4.69) is 0 Å². The highest BCUT2D eigenvalue weighted by Crippen LogP contribution is 2.32. The summed E-state index contributed by atoms with van der Waals surface area (Å²) >= 11 is 0. The Morgan fingerprint density at radius 3 is 2.03 bits per heavy atom. The summed E-state index contributed by atoms with van der Waals surface area (Å²) in [5.41, 5.74) is -1.97. The van der Waals surface area contributed by atoms with Gasteiger partial charge in [-0.05, 0) is 24.3 Å². The molecule has 1 N–H and O–H groups in total. The van der Waals surface area contributed by atoms with Gasteiger partial charge in [-0.1, -0.05) is 18.2 Å². The molecule has 0 unspecified atom stereocenters. The van der Waals surface area contributed by atoms with Crippen LogP contribution in [0.15, 0.2) is 42.5 Å². The lowest BCUT2D eigenvalue weighted by molar-refractivity contribution is -0.217. The molecule has 156 valence electrons. The summed E-state index contributed by atoms with van der Waals surface area (Å²) in [4.78, 5) is 46.8. The molecule has 0 saturated carbocycles. The Morgan fingerprint density at radius 1 is 0.897 bits per heavy atom. The van der Waals surface area contributed by atoms with Gasteiger partial charge < -0.3 is 24.1 Å². The van der Waals surface area contributed by atoms with Gasteiger partial charge in [0.05, 0.1) is 5.56 Å². The fourth-order valence-electron chi connectivity index (χ4n) is 2.89. The number of esters is 4. The van der Waals surface area contributed by atoms with E-state index in [9.17, 15) is 24.3 Å². The molecule has 1 aromatic rings. The van der Waals surface area contributed by atoms with E-state index in [1.165, 1.54) is 24.3 Å². The van der Waals surface area contributed by atoms with Crippen molar-refractivity contribution in [3.63, 3.8) is 0 Å². The molecular formula is C20H22O9. The SMILES string of the molecule is CC(=O)O[C@H]1C=C[C@@H](OC(C)=O)[C@@](O)(COC(=O)c2ccccc2)[C@@H]1OC(C)=O. The van der Waals surface area contributed by atoms with E-state index in [0.717, 1.165) is 20.8 Å². The highest BCUT2D eigenvalue weighted by molar-refractivity contribution is 5.89. The van der Waals surface area contributed by atoms with Crippen LogP contribution in [-0.2, 0) is 33.3 Å². The van der Waals surface area contributed by atoms with Crippen LogP contribution in [0.3, 0.4) is 0 Å². The van der Waals surface area contributed by atoms with E-state index in [1.807, 2.05) is 0 Å². The third-order valence-electron chi connectivity index (χ3n) is 4.09. The smallest absolute Gasteiger partial charge is 0.338 e. The first kappa shape index (κ1) is 22.1. The number of carbonyl (C=O) groups excluding carboxylic acids is 4. The average Bonchev–Trinajstić information content (AvgIpc) is 2.65. The molecule has 1 aliphatic rings. The Morgan fingerprint density at radius 2 is 1.48 bits per heavy atom. The minimum Gasteiger partial charge on any atom is -0.459 e. The Bertz CT molecular complexity index is 801. The summed E-state index contributed by atoms with van der Waals surface area (Å²) in [6, 6.07) is 8.01. The topological polar surface area (TPSA) is 125 Å². The summed E-state index contributed by atoms with van der Waals surface area (Å²) in [5, 5.41) is 11.3. The van der Waals surface area contributed by atoms with Crippen molar-refractivity contribution in [3.8, 4) is 0 Å². The van der Waals surface area contributed by atoms with Gasteiger partial charge in [0.1, 0.15) is 6.61 Å². The minimum absolute atomic E-state index is 0.229. The molecule has 2 rings (SSSR count). The van der Waals surface area contributed by atoms with Gasteiger partial charge in [-0.3, -0.25) is 14.4 Å². The summed E-state index contributed by atoms with van der Waals surface area (Å²) in [7, 11) is 0. The molecule has 1 aromatic carbocycles. The van der Waals surface area contributed by atoms with Crippen molar-refractivity contribution in [2.45, 2.75) is 44.7 Å². The first-order chi connectivity index (χ1) is 13.6. The van der Waals surface area contributed by atoms with E-state index < -0.39 is 54.4 Å². The van der Waals surface area contributed by atoms with Gasteiger partial charge in [-0.15, -0.1) is 0 Å². The van der Waals surface area contributed by atoms with Gasteiger partial charge in [0.15, 0.2) is 23.9 Å². The molecule has 29 heavy (non-hydrogen) atoms. The van der Waals surface area contributed by atoms with Gasteiger partial charge in [0.2, 0.25) is 0 Å². The number of hydrogen-bond donors (Lipinski definition) is 1. The maximum Gasteiger partial charge on any atom is 0.338 e. The molecule has 0 saturated heterocycles. The first-order valence-electron chi connectivity index (χ1n) is 8.78. The first-order valence-corrected chi connectivity index (χ1v) is 8.78. The molecular weight excluding hydrogens is 384 g/mol. The van der Waals surface area contributed by atoms with E-state index in [4.69, 9.17) is 18.9 Å². The van der Waals surface area contributed by atoms with Crippen molar-refractivity contribution in [1.82, 2.24) is 0 Å². The molecule has 0 amide bonds. The molecule has 9 nitrogen and oxygen atoms in total. The second-order valence-corrected chi connectivity index (χ2v) is 6.45. The zero-order chi connectivity index (χ0) is 21.6. The second kappa shape index (κ2) is 9.33. The number of benzene rings is 1. The number of ether oxygens (including phenoxy) is 4. The summed E-state index contributed by atoms with van der Waals surface area (Å²) in [6.45, 7) is 2.67. The summed E-state index contributed by atoms with van der Waals surface area (Å²) in [6.07, 6.45) is -1.37. The minimum atomic E-state index is -2.20. The molecule has 1 aliphatic carbocycles. The van der Waals surface area contributed by atoms with Crippen LogP contribution in [0, 0.1) is 0 Å². The molecule has 0 aliphatic heterocycles. The highest BCUT2D eigenvalue weighted by Gasteiger charge is 2.55. The van der Waals surface area contributed by atoms with Crippen molar-refractivity contribution in [2.24, 2.45) is 0 Å². The number of rotatable bonds is 6. The second-order valence-electron chi connectivity index (χ2n) is 6.45. The normalized spacial score (nSPS) is 25.6. The van der Waals surface area contributed by atoms with Crippen molar-refractivity contribution >= 4 is 23.9 Å². The third kappa shape index (κ3) is 5.64. The van der Waals surface area contributed by atoms with Crippen LogP contribution in [0.1, 0.15) is 31.1 Å². The molecule has 0 fully saturated rings. The van der Waals surface area contributed by atoms with E-state index >= 15 is 0 Å². The number of aliphatic hydroxyl groups is 1. The lowest BCUT2D eigenvalue weighted by Crippen LogP contribution is -2.64. The summed E-state index contributed by atoms with van der Waals surface area (Å²) < 4.78 is 20.6. The molecule has 0 heterocycles. The van der Waals surface area contributed by atoms with Gasteiger partial charge in [-0.2, -0.15) is 0 Å². The lowest BCUT2D eigenvalue weighted by atomic mass is 9.82. The van der Waals surface area contributed by atoms with Crippen molar-refractivity contribution in [1.29, 1.82) is 0 Å². The van der Waals surface area contributed by atoms with Crippen LogP contribution >= 0.6 is 0 Å².